The van der Waals surface area contributed by atoms with Crippen molar-refractivity contribution in [1.82, 2.24) is 0 Å². The molecule has 0 fully saturated rings. The van der Waals surface area contributed by atoms with E-state index in [1.165, 1.54) is 0 Å². The average molecular weight is 324 g/mol. The fourth-order valence-corrected chi connectivity index (χ4v) is 0. The van der Waals surface area contributed by atoms with Crippen molar-refractivity contribution in [2.24, 2.45) is 0 Å². The standard InChI is InChI=1S/Al.Ca.Fe.Mg.H2O3Si.Zr.7H/c;;;;1-4(2)3;;;;;;;;/h;;;;1-2H;;;;;;;;/q;+2;;+2;;;;;;4*-1. The van der Waals surface area contributed by atoms with Crippen LogP contribution in [0.5, 0.6) is 0 Å². The van der Waals surface area contributed by atoms with E-state index >= 15 is 0 Å². The molecule has 3 nitrogen and oxygen atoms in total. The first-order valence-electron chi connectivity index (χ1n) is 0.651. The molecular weight excluding hydrogens is 315 g/mol. The minimum Gasteiger partial charge on any atom is -1.00 e. The van der Waals surface area contributed by atoms with Gasteiger partial charge in [0.25, 0.3) is 0 Å². The van der Waals surface area contributed by atoms with Crippen molar-refractivity contribution in [2.45, 2.75) is 0 Å². The third-order valence-electron chi connectivity index (χ3n) is 0. The van der Waals surface area contributed by atoms with Crippen molar-refractivity contribution in [2.75, 3.05) is 0 Å². The van der Waals surface area contributed by atoms with Crippen molar-refractivity contribution in [1.29, 1.82) is 0 Å². The Labute approximate surface area is 147 Å². The second-order valence-electron chi connectivity index (χ2n) is 0.283. The van der Waals surface area contributed by atoms with Crippen LogP contribution in [-0.2, 0) is 47.7 Å². The summed E-state index contributed by atoms with van der Waals surface area (Å²) in [5.41, 5.74) is 0. The van der Waals surface area contributed by atoms with Crippen LogP contribution in [0, 0.1) is 0 Å². The summed E-state index contributed by atoms with van der Waals surface area (Å²) in [6.45, 7) is 0. The fourth-order valence-electron chi connectivity index (χ4n) is 0. The van der Waals surface area contributed by atoms with Crippen LogP contribution >= 0.6 is 0 Å². The summed E-state index contributed by atoms with van der Waals surface area (Å²) in [5, 5.41) is 0. The summed E-state index contributed by atoms with van der Waals surface area (Å²) in [7, 11) is -3.13. The van der Waals surface area contributed by atoms with E-state index in [0.29, 0.717) is 0 Å². The first-order chi connectivity index (χ1) is 1.73. The molecule has 0 saturated heterocycles. The van der Waals surface area contributed by atoms with E-state index in [4.69, 9.17) is 14.1 Å². The first-order valence-corrected chi connectivity index (χ1v) is 1.95. The second-order valence-corrected chi connectivity index (χ2v) is 0.848. The molecule has 0 aromatic heterocycles. The molecule has 0 aromatic carbocycles. The molecule has 0 aliphatic heterocycles. The SMILES string of the molecule is O=[Si](O)O.[AlH3].[Ca+2].[Fe].[H-].[H-].[H-].[H-].[Mg+2].[Zr]. The minimum absolute atomic E-state index is 0. The van der Waals surface area contributed by atoms with Crippen molar-refractivity contribution < 1.29 is 63.0 Å². The summed E-state index contributed by atoms with van der Waals surface area (Å²) in [5.74, 6) is 0. The van der Waals surface area contributed by atoms with Gasteiger partial charge in [-0.15, -0.1) is 0 Å². The molecule has 9 heavy (non-hydrogen) atoms. The molecule has 0 aliphatic rings. The quantitative estimate of drug-likeness (QED) is 0.464. The zero-order chi connectivity index (χ0) is 3.58. The van der Waals surface area contributed by atoms with Gasteiger partial charge in [-0.3, -0.25) is 4.46 Å². The largest absolute Gasteiger partial charge is 2.00 e. The van der Waals surface area contributed by atoms with E-state index in [1.807, 2.05) is 0 Å². The second kappa shape index (κ2) is 29.9. The Balaban J connectivity index is -0.00000000125. The number of rotatable bonds is 0. The first kappa shape index (κ1) is 39.0. The molecule has 0 aliphatic carbocycles. The molecule has 0 heterocycles. The van der Waals surface area contributed by atoms with Gasteiger partial charge in [0.05, 0.1) is 0 Å². The van der Waals surface area contributed by atoms with E-state index < -0.39 is 9.17 Å². The van der Waals surface area contributed by atoms with Gasteiger partial charge in [-0.05, 0) is 0 Å². The molecular formula is H9AlCaFeMgO3SiZr. The van der Waals surface area contributed by atoms with Crippen LogP contribution in [0.15, 0.2) is 0 Å². The van der Waals surface area contributed by atoms with Crippen LogP contribution in [0.4, 0.5) is 0 Å². The fraction of sp³-hybridized carbons (Fsp3) is 0. The Hall–Kier alpha value is 3.58. The predicted molar refractivity (Wildman–Crippen MR) is 36.8 cm³/mol. The van der Waals surface area contributed by atoms with Gasteiger partial charge in [0.2, 0.25) is 0 Å². The number of hydrogen-bond acceptors (Lipinski definition) is 1. The summed E-state index contributed by atoms with van der Waals surface area (Å²) in [6.07, 6.45) is 0. The summed E-state index contributed by atoms with van der Waals surface area (Å²) in [6, 6.07) is 0. The predicted octanol–water partition coefficient (Wildman–Crippen LogP) is -3.11. The van der Waals surface area contributed by atoms with E-state index in [2.05, 4.69) is 0 Å². The van der Waals surface area contributed by atoms with Gasteiger partial charge in [0, 0.05) is 43.3 Å². The molecule has 0 atom stereocenters. The zero-order valence-electron chi connectivity index (χ0n) is 8.07. The topological polar surface area (TPSA) is 57.5 Å². The Kier molecular flexibility index (Phi) is 130. The Morgan fingerprint density at radius 1 is 1.33 bits per heavy atom. The van der Waals surface area contributed by atoms with Crippen molar-refractivity contribution in [3.8, 4) is 0 Å². The van der Waals surface area contributed by atoms with Crippen LogP contribution < -0.4 is 0 Å². The van der Waals surface area contributed by atoms with Crippen LogP contribution in [0.3, 0.4) is 0 Å². The molecule has 0 amide bonds. The van der Waals surface area contributed by atoms with Gasteiger partial charge < -0.3 is 15.3 Å². The van der Waals surface area contributed by atoms with Crippen LogP contribution in [-0.4, -0.2) is 96.9 Å². The molecule has 0 spiro atoms. The zero-order valence-corrected chi connectivity index (χ0v) is 12.3. The maximum Gasteiger partial charge on any atom is 2.00 e. The van der Waals surface area contributed by atoms with Gasteiger partial charge in [0.1, 0.15) is 0 Å². The van der Waals surface area contributed by atoms with Crippen molar-refractivity contribution >= 4 is 87.3 Å². The molecule has 0 radical (unpaired) electrons. The van der Waals surface area contributed by atoms with Gasteiger partial charge in [0.15, 0.2) is 17.4 Å². The Bertz CT molecular complexity index is 58.4. The van der Waals surface area contributed by atoms with Gasteiger partial charge >= 0.3 is 70.0 Å². The maximum atomic E-state index is 8.74. The van der Waals surface area contributed by atoms with Crippen LogP contribution in [0.1, 0.15) is 5.71 Å². The monoisotopic (exact) mass is 322 g/mol. The molecule has 0 aromatic rings. The Morgan fingerprint density at radius 2 is 1.33 bits per heavy atom. The third kappa shape index (κ3) is 83.0. The van der Waals surface area contributed by atoms with Crippen molar-refractivity contribution in [3.63, 3.8) is 0 Å². The normalized spacial score (nSPS) is 2.67. The van der Waals surface area contributed by atoms with Crippen LogP contribution in [0.25, 0.3) is 0 Å². The molecule has 0 unspecified atom stereocenters. The smallest absolute Gasteiger partial charge is 1.00 e. The molecule has 50 valence electrons. The molecule has 9 heteroatoms. The summed E-state index contributed by atoms with van der Waals surface area (Å²) in [4.78, 5) is 14.3. The van der Waals surface area contributed by atoms with Gasteiger partial charge in [-0.1, -0.05) is 0 Å². The van der Waals surface area contributed by atoms with Gasteiger partial charge in [-0.2, -0.15) is 0 Å². The molecule has 2 N–H and O–H groups in total. The van der Waals surface area contributed by atoms with Crippen molar-refractivity contribution in [3.05, 3.63) is 0 Å². The summed E-state index contributed by atoms with van der Waals surface area (Å²) >= 11 is 0. The molecule has 0 saturated carbocycles. The van der Waals surface area contributed by atoms with Crippen LogP contribution in [0.2, 0.25) is 0 Å². The maximum absolute atomic E-state index is 8.74. The molecule has 0 bridgehead atoms. The molecule has 0 rings (SSSR count). The van der Waals surface area contributed by atoms with E-state index in [1.54, 1.807) is 0 Å². The minimum atomic E-state index is -3.13. The van der Waals surface area contributed by atoms with E-state index in [-0.39, 0.29) is 127 Å². The van der Waals surface area contributed by atoms with E-state index in [0.717, 1.165) is 0 Å². The van der Waals surface area contributed by atoms with Gasteiger partial charge in [-0.25, -0.2) is 0 Å². The number of hydrogen-bond donors (Lipinski definition) is 2. The summed E-state index contributed by atoms with van der Waals surface area (Å²) < 4.78 is 8.74. The third-order valence-corrected chi connectivity index (χ3v) is 0. The Morgan fingerprint density at radius 3 is 1.33 bits per heavy atom. The average Bonchev–Trinajstić information content (AvgIpc) is 0.811. The van der Waals surface area contributed by atoms with E-state index in [9.17, 15) is 0 Å².